The minimum Gasteiger partial charge on any atom is -0.497 e. The van der Waals surface area contributed by atoms with Crippen LogP contribution < -0.4 is 15.2 Å². The molecule has 2 aliphatic heterocycles. The third kappa shape index (κ3) is 5.78. The van der Waals surface area contributed by atoms with Gasteiger partial charge in [-0.25, -0.2) is 4.98 Å². The molecular weight excluding hydrogens is 553 g/mol. The maximum absolute atomic E-state index is 13.8. The van der Waals surface area contributed by atoms with Gasteiger partial charge in [0.05, 0.1) is 24.1 Å². The Kier molecular flexibility index (Phi) is 7.89. The van der Waals surface area contributed by atoms with E-state index in [2.05, 4.69) is 29.2 Å². The molecule has 0 radical (unpaired) electrons. The quantitative estimate of drug-likeness (QED) is 0.209. The predicted molar refractivity (Wildman–Crippen MR) is 168 cm³/mol. The number of benzene rings is 2. The summed E-state index contributed by atoms with van der Waals surface area (Å²) < 4.78 is 7.24. The summed E-state index contributed by atoms with van der Waals surface area (Å²) in [7, 11) is 1.62. The fraction of sp³-hybridized carbons (Fsp3) is 0.250. The molecule has 1 amide bonds. The van der Waals surface area contributed by atoms with Gasteiger partial charge in [0.1, 0.15) is 21.5 Å². The second-order valence-corrected chi connectivity index (χ2v) is 12.0. The summed E-state index contributed by atoms with van der Waals surface area (Å²) in [5.74, 6) is 1.74. The molecule has 9 heteroatoms. The summed E-state index contributed by atoms with van der Waals surface area (Å²) in [4.78, 5) is 36.4. The van der Waals surface area contributed by atoms with Crippen molar-refractivity contribution in [1.82, 2.24) is 14.3 Å². The second-order valence-electron chi connectivity index (χ2n) is 10.3. The summed E-state index contributed by atoms with van der Waals surface area (Å²) in [6, 6.07) is 23.7. The van der Waals surface area contributed by atoms with Gasteiger partial charge in [-0.05, 0) is 66.6 Å². The van der Waals surface area contributed by atoms with Crippen LogP contribution in [0, 0.1) is 5.92 Å². The van der Waals surface area contributed by atoms with Gasteiger partial charge in [-0.1, -0.05) is 72.5 Å². The van der Waals surface area contributed by atoms with Crippen molar-refractivity contribution in [2.24, 2.45) is 5.92 Å². The van der Waals surface area contributed by atoms with Crippen LogP contribution in [-0.2, 0) is 17.8 Å². The van der Waals surface area contributed by atoms with Crippen molar-refractivity contribution in [3.63, 3.8) is 0 Å². The summed E-state index contributed by atoms with van der Waals surface area (Å²) in [5, 5.41) is 0. The Labute approximate surface area is 248 Å². The minimum atomic E-state index is -0.208. The monoisotopic (exact) mass is 582 g/mol. The number of amides is 1. The van der Waals surface area contributed by atoms with E-state index in [1.807, 2.05) is 48.5 Å². The van der Waals surface area contributed by atoms with E-state index in [9.17, 15) is 9.59 Å². The van der Waals surface area contributed by atoms with Crippen molar-refractivity contribution in [2.45, 2.75) is 25.8 Å². The largest absolute Gasteiger partial charge is 0.497 e. The van der Waals surface area contributed by atoms with E-state index in [0.29, 0.717) is 38.7 Å². The highest BCUT2D eigenvalue weighted by molar-refractivity contribution is 8.26. The van der Waals surface area contributed by atoms with Crippen LogP contribution >= 0.6 is 24.0 Å². The smallest absolute Gasteiger partial charge is 0.267 e. The van der Waals surface area contributed by atoms with Crippen molar-refractivity contribution in [3.05, 3.63) is 111 Å². The number of hydrogen-bond acceptors (Lipinski definition) is 7. The SMILES string of the molecule is COc1ccc(CN2C(=O)/C(=C\c3c(N4CCC(Cc5ccccc5)CC4)nc4ccccn4c3=O)SC2=S)cc1. The van der Waals surface area contributed by atoms with Crippen LogP contribution in [0.4, 0.5) is 5.82 Å². The third-order valence-corrected chi connectivity index (χ3v) is 9.06. The second kappa shape index (κ2) is 11.9. The van der Waals surface area contributed by atoms with Crippen LogP contribution in [0.15, 0.2) is 88.7 Å². The molecule has 4 heterocycles. The van der Waals surface area contributed by atoms with Crippen LogP contribution in [0.1, 0.15) is 29.5 Å². The number of rotatable bonds is 7. The molecule has 0 atom stereocenters. The standard InChI is InChI=1S/C32H30N4O3S2/c1-39-25-12-10-24(11-13-25)21-36-31(38)27(41-32(36)40)20-26-29(33-28-9-5-6-16-35(28)30(26)37)34-17-14-23(15-18-34)19-22-7-3-2-4-8-22/h2-13,16,20,23H,14-15,17-19,21H2,1H3/b27-20+. The number of carbonyl (C=O) groups is 1. The number of anilines is 1. The predicted octanol–water partition coefficient (Wildman–Crippen LogP) is 5.56. The fourth-order valence-corrected chi connectivity index (χ4v) is 6.67. The minimum absolute atomic E-state index is 0.197. The van der Waals surface area contributed by atoms with Gasteiger partial charge in [-0.15, -0.1) is 0 Å². The van der Waals surface area contributed by atoms with E-state index in [1.54, 1.807) is 24.3 Å². The number of pyridine rings is 1. The molecule has 0 N–H and O–H groups in total. The maximum atomic E-state index is 13.8. The van der Waals surface area contributed by atoms with E-state index >= 15 is 0 Å². The molecule has 208 valence electrons. The van der Waals surface area contributed by atoms with Gasteiger partial charge in [0.2, 0.25) is 0 Å². The number of nitrogens with zero attached hydrogens (tertiary/aromatic N) is 4. The summed E-state index contributed by atoms with van der Waals surface area (Å²) in [6.45, 7) is 1.95. The van der Waals surface area contributed by atoms with Crippen LogP contribution in [0.25, 0.3) is 11.7 Å². The Bertz CT molecular complexity index is 1680. The normalized spacial score (nSPS) is 17.1. The summed E-state index contributed by atoms with van der Waals surface area (Å²) >= 11 is 6.81. The van der Waals surface area contributed by atoms with E-state index in [4.69, 9.17) is 21.9 Å². The zero-order chi connectivity index (χ0) is 28.3. The number of aromatic nitrogens is 2. The fourth-order valence-electron chi connectivity index (χ4n) is 5.44. The number of ether oxygens (including phenoxy) is 1. The molecule has 7 nitrogen and oxygen atoms in total. The number of methoxy groups -OCH3 is 1. The number of thiocarbonyl (C=S) groups is 1. The molecule has 6 rings (SSSR count). The van der Waals surface area contributed by atoms with Crippen LogP contribution in [-0.4, -0.2) is 44.7 Å². The van der Waals surface area contributed by atoms with E-state index in [-0.39, 0.29) is 11.5 Å². The first kappa shape index (κ1) is 27.2. The molecule has 0 saturated carbocycles. The Morgan fingerprint density at radius 2 is 1.71 bits per heavy atom. The molecule has 4 aromatic rings. The average molecular weight is 583 g/mol. The van der Waals surface area contributed by atoms with Crippen LogP contribution in [0.2, 0.25) is 0 Å². The van der Waals surface area contributed by atoms with Crippen molar-refractivity contribution in [2.75, 3.05) is 25.1 Å². The Balaban J connectivity index is 1.28. The van der Waals surface area contributed by atoms with E-state index in [0.717, 1.165) is 43.7 Å². The van der Waals surface area contributed by atoms with E-state index < -0.39 is 0 Å². The number of carbonyl (C=O) groups excluding carboxylic acids is 1. The lowest BCUT2D eigenvalue weighted by Gasteiger charge is -2.33. The molecule has 2 aromatic heterocycles. The zero-order valence-electron chi connectivity index (χ0n) is 22.7. The Morgan fingerprint density at radius 1 is 0.976 bits per heavy atom. The summed E-state index contributed by atoms with van der Waals surface area (Å²) in [5.41, 5.74) is 3.10. The highest BCUT2D eigenvalue weighted by atomic mass is 32.2. The lowest BCUT2D eigenvalue weighted by Crippen LogP contribution is -2.37. The first-order valence-electron chi connectivity index (χ1n) is 13.7. The molecule has 2 aliphatic rings. The van der Waals surface area contributed by atoms with Gasteiger partial charge in [0.15, 0.2) is 0 Å². The zero-order valence-corrected chi connectivity index (χ0v) is 24.4. The third-order valence-electron chi connectivity index (χ3n) is 7.68. The molecule has 2 fully saturated rings. The highest BCUT2D eigenvalue weighted by Gasteiger charge is 2.33. The van der Waals surface area contributed by atoms with Gasteiger partial charge in [0.25, 0.3) is 11.5 Å². The molecule has 0 aliphatic carbocycles. The number of piperidine rings is 1. The first-order valence-corrected chi connectivity index (χ1v) is 14.9. The molecule has 41 heavy (non-hydrogen) atoms. The van der Waals surface area contributed by atoms with Crippen molar-refractivity contribution >= 4 is 51.7 Å². The summed E-state index contributed by atoms with van der Waals surface area (Å²) in [6.07, 6.45) is 6.47. The molecule has 0 spiro atoms. The van der Waals surface area contributed by atoms with E-state index in [1.165, 1.54) is 21.7 Å². The van der Waals surface area contributed by atoms with Crippen LogP contribution in [0.5, 0.6) is 5.75 Å². The molecular formula is C32H30N4O3S2. The van der Waals surface area contributed by atoms with Crippen molar-refractivity contribution in [3.8, 4) is 5.75 Å². The number of thioether (sulfide) groups is 1. The average Bonchev–Trinajstić information content (AvgIpc) is 3.27. The maximum Gasteiger partial charge on any atom is 0.267 e. The lowest BCUT2D eigenvalue weighted by atomic mass is 9.90. The molecule has 0 unspecified atom stereocenters. The number of hydrogen-bond donors (Lipinski definition) is 0. The van der Waals surface area contributed by atoms with Crippen LogP contribution in [0.3, 0.4) is 0 Å². The van der Waals surface area contributed by atoms with Gasteiger partial charge in [-0.2, -0.15) is 0 Å². The molecule has 0 bridgehead atoms. The van der Waals surface area contributed by atoms with Gasteiger partial charge in [0, 0.05) is 19.3 Å². The number of fused-ring (bicyclic) bond motifs is 1. The van der Waals surface area contributed by atoms with Gasteiger partial charge < -0.3 is 9.64 Å². The first-order chi connectivity index (χ1) is 20.0. The van der Waals surface area contributed by atoms with Crippen molar-refractivity contribution < 1.29 is 9.53 Å². The lowest BCUT2D eigenvalue weighted by molar-refractivity contribution is -0.122. The molecule has 2 aromatic carbocycles. The Morgan fingerprint density at radius 3 is 2.44 bits per heavy atom. The molecule has 2 saturated heterocycles. The van der Waals surface area contributed by atoms with Crippen molar-refractivity contribution in [1.29, 1.82) is 0 Å². The highest BCUT2D eigenvalue weighted by Crippen LogP contribution is 2.35. The van der Waals surface area contributed by atoms with Gasteiger partial charge >= 0.3 is 0 Å². The van der Waals surface area contributed by atoms with Gasteiger partial charge in [-0.3, -0.25) is 18.9 Å². The topological polar surface area (TPSA) is 67.2 Å². The Hall–Kier alpha value is -3.95.